The molecule has 1 rings (SSSR count). The summed E-state index contributed by atoms with van der Waals surface area (Å²) in [5.74, 6) is -0.656. The lowest BCUT2D eigenvalue weighted by Crippen LogP contribution is -2.37. The first-order chi connectivity index (χ1) is 18.7. The third-order valence-corrected chi connectivity index (χ3v) is 6.38. The van der Waals surface area contributed by atoms with Crippen molar-refractivity contribution < 1.29 is 19.2 Å². The van der Waals surface area contributed by atoms with Gasteiger partial charge in [0.05, 0.1) is 18.9 Å². The quantitative estimate of drug-likeness (QED) is 0.0762. The summed E-state index contributed by atoms with van der Waals surface area (Å²) in [5, 5.41) is 7.81. The zero-order valence-electron chi connectivity index (χ0n) is 24.1. The second-order valence-electron chi connectivity index (χ2n) is 9.41. The molecular formula is C31H44ClN3O4. The highest BCUT2D eigenvalue weighted by molar-refractivity contribution is 6.29. The number of oxime groups is 1. The van der Waals surface area contributed by atoms with Gasteiger partial charge >= 0.3 is 5.97 Å². The molecule has 0 saturated heterocycles. The van der Waals surface area contributed by atoms with Crippen molar-refractivity contribution in [2.75, 3.05) is 19.8 Å². The topological polar surface area (TPSA) is 89.4 Å². The van der Waals surface area contributed by atoms with Crippen LogP contribution < -0.4 is 5.32 Å². The van der Waals surface area contributed by atoms with Gasteiger partial charge in [0.15, 0.2) is 0 Å². The predicted molar refractivity (Wildman–Crippen MR) is 162 cm³/mol. The number of carbonyl (C=O) groups excluding carboxylic acids is 2. The Morgan fingerprint density at radius 2 is 1.95 bits per heavy atom. The summed E-state index contributed by atoms with van der Waals surface area (Å²) in [6.07, 6.45) is 14.8. The van der Waals surface area contributed by atoms with Crippen LogP contribution in [0.5, 0.6) is 0 Å². The molecule has 0 spiro atoms. The number of nitrogens with one attached hydrogen (secondary N) is 1. The number of aliphatic imine (C=N–C) groups is 1. The van der Waals surface area contributed by atoms with Crippen molar-refractivity contribution in [1.82, 2.24) is 5.32 Å². The molecule has 1 unspecified atom stereocenters. The fourth-order valence-electron chi connectivity index (χ4n) is 4.35. The largest absolute Gasteiger partial charge is 0.465 e. The summed E-state index contributed by atoms with van der Waals surface area (Å²) >= 11 is 5.87. The molecule has 1 atom stereocenters. The molecule has 0 radical (unpaired) electrons. The monoisotopic (exact) mass is 557 g/mol. The molecule has 0 aliphatic carbocycles. The van der Waals surface area contributed by atoms with Crippen molar-refractivity contribution in [3.05, 3.63) is 70.5 Å². The van der Waals surface area contributed by atoms with Gasteiger partial charge < -0.3 is 14.9 Å². The summed E-state index contributed by atoms with van der Waals surface area (Å²) in [5.41, 5.74) is 2.89. The molecule has 1 N–H and O–H groups in total. The van der Waals surface area contributed by atoms with Gasteiger partial charge in [0, 0.05) is 5.03 Å². The molecule has 0 bridgehead atoms. The predicted octanol–water partition coefficient (Wildman–Crippen LogP) is 7.13. The van der Waals surface area contributed by atoms with Crippen LogP contribution in [0.2, 0.25) is 0 Å². The number of carbonyl (C=O) groups is 2. The summed E-state index contributed by atoms with van der Waals surface area (Å²) in [7, 11) is 0. The van der Waals surface area contributed by atoms with E-state index < -0.39 is 5.41 Å². The lowest BCUT2D eigenvalue weighted by atomic mass is 9.78. The first kappa shape index (κ1) is 33.8. The van der Waals surface area contributed by atoms with Gasteiger partial charge in [-0.3, -0.25) is 14.6 Å². The number of nitrogens with zero attached hydrogens (tertiary/aromatic N) is 2. The van der Waals surface area contributed by atoms with Gasteiger partial charge in [0.1, 0.15) is 17.7 Å². The highest BCUT2D eigenvalue weighted by Gasteiger charge is 2.42. The van der Waals surface area contributed by atoms with E-state index in [1.165, 1.54) is 0 Å². The Balaban J connectivity index is 3.07. The van der Waals surface area contributed by atoms with Crippen LogP contribution in [-0.4, -0.2) is 44.1 Å². The zero-order chi connectivity index (χ0) is 29.3. The maximum absolute atomic E-state index is 13.1. The highest BCUT2D eigenvalue weighted by atomic mass is 35.5. The lowest BCUT2D eigenvalue weighted by Gasteiger charge is -2.29. The second-order valence-corrected chi connectivity index (χ2v) is 10.0. The third-order valence-electron chi connectivity index (χ3n) is 6.25. The standard InChI is InChI=1S/C31H44ClN3O4/c1-8-14-25(10-3)27(15-9-2)28(33-7)29(36)34-21-26-18-19-31(22-39-35-26,30(37)38-11-4)20-23(5)16-12-13-17-24(6)32/h9,12-14,16-17H,2,7-8,10-11,15,18-22H2,1,3-6H3,(H,34,36)/b13-12-,23-16+,24-17+,25-14-,28-27-. The van der Waals surface area contributed by atoms with Gasteiger partial charge in [-0.05, 0) is 83.2 Å². The Hall–Kier alpha value is -3.19. The van der Waals surface area contributed by atoms with Crippen molar-refractivity contribution in [2.45, 2.75) is 73.1 Å². The van der Waals surface area contributed by atoms with Crippen molar-refractivity contribution >= 4 is 35.9 Å². The second kappa shape index (κ2) is 18.2. The van der Waals surface area contributed by atoms with Gasteiger partial charge in [-0.25, -0.2) is 0 Å². The molecule has 0 aromatic heterocycles. The lowest BCUT2D eigenvalue weighted by molar-refractivity contribution is -0.159. The summed E-state index contributed by atoms with van der Waals surface area (Å²) < 4.78 is 5.43. The Labute approximate surface area is 239 Å². The first-order valence-corrected chi connectivity index (χ1v) is 13.8. The summed E-state index contributed by atoms with van der Waals surface area (Å²) in [6, 6.07) is 0. The zero-order valence-corrected chi connectivity index (χ0v) is 24.9. The minimum Gasteiger partial charge on any atom is -0.465 e. The highest BCUT2D eigenvalue weighted by Crippen LogP contribution is 2.36. The molecule has 0 aromatic rings. The van der Waals surface area contributed by atoms with E-state index in [4.69, 9.17) is 21.2 Å². The van der Waals surface area contributed by atoms with E-state index in [-0.39, 0.29) is 37.3 Å². The molecule has 1 aliphatic rings. The van der Waals surface area contributed by atoms with E-state index in [1.54, 1.807) is 26.0 Å². The van der Waals surface area contributed by atoms with E-state index in [1.807, 2.05) is 32.1 Å². The number of amides is 1. The smallest absolute Gasteiger partial charge is 0.315 e. The summed E-state index contributed by atoms with van der Waals surface area (Å²) in [6.45, 7) is 17.6. The van der Waals surface area contributed by atoms with Crippen LogP contribution in [0.4, 0.5) is 0 Å². The van der Waals surface area contributed by atoms with Crippen LogP contribution >= 0.6 is 11.6 Å². The Bertz CT molecular complexity index is 1060. The Kier molecular flexibility index (Phi) is 15.8. The number of hydrogen-bond donors (Lipinski definition) is 1. The Morgan fingerprint density at radius 3 is 2.54 bits per heavy atom. The fourth-order valence-corrected chi connectivity index (χ4v) is 4.42. The van der Waals surface area contributed by atoms with Crippen molar-refractivity contribution in [3.63, 3.8) is 0 Å². The average molecular weight is 558 g/mol. The summed E-state index contributed by atoms with van der Waals surface area (Å²) in [4.78, 5) is 35.9. The van der Waals surface area contributed by atoms with Crippen molar-refractivity contribution in [3.8, 4) is 0 Å². The van der Waals surface area contributed by atoms with Crippen LogP contribution in [0.3, 0.4) is 0 Å². The maximum Gasteiger partial charge on any atom is 0.315 e. The molecule has 8 heteroatoms. The normalized spacial score (nSPS) is 19.4. The number of rotatable bonds is 15. The Morgan fingerprint density at radius 1 is 1.23 bits per heavy atom. The molecular weight excluding hydrogens is 514 g/mol. The van der Waals surface area contributed by atoms with Crippen LogP contribution in [-0.2, 0) is 19.2 Å². The molecule has 0 aromatic carbocycles. The van der Waals surface area contributed by atoms with E-state index in [0.717, 1.165) is 29.6 Å². The molecule has 1 heterocycles. The SMILES string of the molecule is C=CCC(/C(=C\CC)CC)=C(/N=C)C(=O)NCC1=NOCC(C/C(C)=C/C=C\C=C(/C)Cl)(C(=O)OCC)CC1. The first-order valence-electron chi connectivity index (χ1n) is 13.5. The molecule has 1 amide bonds. The minimum absolute atomic E-state index is 0.0867. The van der Waals surface area contributed by atoms with Gasteiger partial charge in [0.25, 0.3) is 5.91 Å². The molecule has 214 valence electrons. The number of halogens is 1. The minimum atomic E-state index is -0.885. The van der Waals surface area contributed by atoms with Crippen molar-refractivity contribution in [2.24, 2.45) is 15.6 Å². The van der Waals surface area contributed by atoms with Crippen molar-refractivity contribution in [1.29, 1.82) is 0 Å². The van der Waals surface area contributed by atoms with Gasteiger partial charge in [0.2, 0.25) is 0 Å². The van der Waals surface area contributed by atoms with Crippen LogP contribution in [0.1, 0.15) is 73.1 Å². The number of allylic oxidation sites excluding steroid dienone is 10. The van der Waals surface area contributed by atoms with E-state index in [0.29, 0.717) is 36.4 Å². The third kappa shape index (κ3) is 11.2. The van der Waals surface area contributed by atoms with E-state index in [2.05, 4.69) is 41.8 Å². The van der Waals surface area contributed by atoms with E-state index >= 15 is 0 Å². The number of hydrogen-bond acceptors (Lipinski definition) is 6. The van der Waals surface area contributed by atoms with Crippen LogP contribution in [0, 0.1) is 5.41 Å². The number of ether oxygens (including phenoxy) is 1. The van der Waals surface area contributed by atoms with E-state index in [9.17, 15) is 9.59 Å². The van der Waals surface area contributed by atoms with Gasteiger partial charge in [-0.15, -0.1) is 6.58 Å². The van der Waals surface area contributed by atoms with Gasteiger partial charge in [-0.1, -0.05) is 66.6 Å². The molecule has 7 nitrogen and oxygen atoms in total. The van der Waals surface area contributed by atoms with Crippen LogP contribution in [0.25, 0.3) is 0 Å². The molecule has 0 saturated carbocycles. The molecule has 0 fully saturated rings. The molecule has 39 heavy (non-hydrogen) atoms. The van der Waals surface area contributed by atoms with Gasteiger partial charge in [-0.2, -0.15) is 0 Å². The number of esters is 1. The average Bonchev–Trinajstić information content (AvgIpc) is 3.11. The fraction of sp³-hybridized carbons (Fsp3) is 0.484. The van der Waals surface area contributed by atoms with Crippen LogP contribution in [0.15, 0.2) is 80.6 Å². The molecule has 1 aliphatic heterocycles. The maximum atomic E-state index is 13.1.